The molecule has 1 fully saturated rings. The second-order valence-electron chi connectivity index (χ2n) is 5.22. The topological polar surface area (TPSA) is 55.6 Å². The SMILES string of the molecule is CC1(C)COCCN1C(=O)c1ccc(CN)cc1. The first-order valence-corrected chi connectivity index (χ1v) is 6.23. The molecule has 0 bridgehead atoms. The second kappa shape index (κ2) is 5.08. The van der Waals surface area contributed by atoms with E-state index in [9.17, 15) is 4.79 Å². The third-order valence-corrected chi connectivity index (χ3v) is 3.33. The van der Waals surface area contributed by atoms with Gasteiger partial charge in [0.2, 0.25) is 0 Å². The van der Waals surface area contributed by atoms with Crippen molar-refractivity contribution in [1.29, 1.82) is 0 Å². The van der Waals surface area contributed by atoms with Gasteiger partial charge in [-0.25, -0.2) is 0 Å². The van der Waals surface area contributed by atoms with Crippen LogP contribution in [-0.2, 0) is 11.3 Å². The lowest BCUT2D eigenvalue weighted by atomic mass is 10.0. The minimum atomic E-state index is -0.248. The molecule has 98 valence electrons. The van der Waals surface area contributed by atoms with Gasteiger partial charge < -0.3 is 15.4 Å². The van der Waals surface area contributed by atoms with Gasteiger partial charge in [-0.1, -0.05) is 12.1 Å². The Balaban J connectivity index is 2.19. The van der Waals surface area contributed by atoms with Crippen molar-refractivity contribution in [2.45, 2.75) is 25.9 Å². The van der Waals surface area contributed by atoms with Gasteiger partial charge in [-0.2, -0.15) is 0 Å². The van der Waals surface area contributed by atoms with Gasteiger partial charge in [0, 0.05) is 18.7 Å². The van der Waals surface area contributed by atoms with E-state index in [1.165, 1.54) is 0 Å². The highest BCUT2D eigenvalue weighted by Crippen LogP contribution is 2.21. The Bertz CT molecular complexity index is 426. The summed E-state index contributed by atoms with van der Waals surface area (Å²) in [6, 6.07) is 7.49. The van der Waals surface area contributed by atoms with Crippen LogP contribution in [0, 0.1) is 0 Å². The van der Waals surface area contributed by atoms with Gasteiger partial charge in [0.25, 0.3) is 5.91 Å². The molecule has 0 aromatic heterocycles. The van der Waals surface area contributed by atoms with Crippen molar-refractivity contribution in [2.24, 2.45) is 5.73 Å². The number of rotatable bonds is 2. The van der Waals surface area contributed by atoms with Gasteiger partial charge in [0.05, 0.1) is 18.8 Å². The summed E-state index contributed by atoms with van der Waals surface area (Å²) in [6.07, 6.45) is 0. The zero-order valence-electron chi connectivity index (χ0n) is 11.0. The molecule has 1 aromatic carbocycles. The number of morpholine rings is 1. The first-order chi connectivity index (χ1) is 8.54. The second-order valence-corrected chi connectivity index (χ2v) is 5.22. The van der Waals surface area contributed by atoms with Crippen LogP contribution in [0.3, 0.4) is 0 Å². The Morgan fingerprint density at radius 3 is 2.61 bits per heavy atom. The predicted molar refractivity (Wildman–Crippen MR) is 70.3 cm³/mol. The van der Waals surface area contributed by atoms with Crippen LogP contribution in [0.15, 0.2) is 24.3 Å². The number of benzene rings is 1. The van der Waals surface area contributed by atoms with Crippen LogP contribution in [0.2, 0.25) is 0 Å². The zero-order chi connectivity index (χ0) is 13.2. The number of hydrogen-bond donors (Lipinski definition) is 1. The molecule has 4 nitrogen and oxygen atoms in total. The smallest absolute Gasteiger partial charge is 0.254 e. The molecular formula is C14H20N2O2. The van der Waals surface area contributed by atoms with Crippen molar-refractivity contribution in [3.8, 4) is 0 Å². The van der Waals surface area contributed by atoms with E-state index in [0.29, 0.717) is 31.9 Å². The van der Waals surface area contributed by atoms with E-state index in [2.05, 4.69) is 0 Å². The lowest BCUT2D eigenvalue weighted by Crippen LogP contribution is -2.55. The van der Waals surface area contributed by atoms with Gasteiger partial charge in [0.1, 0.15) is 0 Å². The monoisotopic (exact) mass is 248 g/mol. The van der Waals surface area contributed by atoms with Crippen LogP contribution in [0.4, 0.5) is 0 Å². The maximum Gasteiger partial charge on any atom is 0.254 e. The van der Waals surface area contributed by atoms with Crippen molar-refractivity contribution in [3.63, 3.8) is 0 Å². The number of amides is 1. The van der Waals surface area contributed by atoms with Crippen LogP contribution in [0.5, 0.6) is 0 Å². The fourth-order valence-corrected chi connectivity index (χ4v) is 2.17. The highest BCUT2D eigenvalue weighted by atomic mass is 16.5. The van der Waals surface area contributed by atoms with E-state index >= 15 is 0 Å². The maximum absolute atomic E-state index is 12.5. The highest BCUT2D eigenvalue weighted by molar-refractivity contribution is 5.94. The summed E-state index contributed by atoms with van der Waals surface area (Å²) in [4.78, 5) is 14.3. The van der Waals surface area contributed by atoms with Gasteiger partial charge >= 0.3 is 0 Å². The van der Waals surface area contributed by atoms with E-state index < -0.39 is 0 Å². The Morgan fingerprint density at radius 2 is 2.06 bits per heavy atom. The molecule has 1 aliphatic heterocycles. The fraction of sp³-hybridized carbons (Fsp3) is 0.500. The van der Waals surface area contributed by atoms with Crippen molar-refractivity contribution in [3.05, 3.63) is 35.4 Å². The predicted octanol–water partition coefficient (Wildman–Crippen LogP) is 1.40. The van der Waals surface area contributed by atoms with Crippen LogP contribution in [0.1, 0.15) is 29.8 Å². The van der Waals surface area contributed by atoms with E-state index in [1.807, 2.05) is 43.0 Å². The average molecular weight is 248 g/mol. The van der Waals surface area contributed by atoms with Crippen LogP contribution in [-0.4, -0.2) is 36.1 Å². The molecule has 1 heterocycles. The van der Waals surface area contributed by atoms with E-state index in [4.69, 9.17) is 10.5 Å². The molecule has 0 aliphatic carbocycles. The van der Waals surface area contributed by atoms with Gasteiger partial charge in [0.15, 0.2) is 0 Å². The average Bonchev–Trinajstić information content (AvgIpc) is 2.37. The number of nitrogens with zero attached hydrogens (tertiary/aromatic N) is 1. The molecular weight excluding hydrogens is 228 g/mol. The van der Waals surface area contributed by atoms with Crippen LogP contribution < -0.4 is 5.73 Å². The lowest BCUT2D eigenvalue weighted by Gasteiger charge is -2.42. The number of ether oxygens (including phenoxy) is 1. The molecule has 18 heavy (non-hydrogen) atoms. The molecule has 2 rings (SSSR count). The fourth-order valence-electron chi connectivity index (χ4n) is 2.17. The third-order valence-electron chi connectivity index (χ3n) is 3.33. The third kappa shape index (κ3) is 2.54. The maximum atomic E-state index is 12.5. The molecule has 1 aromatic rings. The van der Waals surface area contributed by atoms with E-state index in [1.54, 1.807) is 0 Å². The minimum absolute atomic E-state index is 0.0619. The Morgan fingerprint density at radius 1 is 1.39 bits per heavy atom. The normalized spacial score (nSPS) is 18.7. The Hall–Kier alpha value is -1.39. The summed E-state index contributed by atoms with van der Waals surface area (Å²) in [7, 11) is 0. The summed E-state index contributed by atoms with van der Waals surface area (Å²) < 4.78 is 5.43. The molecule has 4 heteroatoms. The molecule has 0 spiro atoms. The molecule has 0 radical (unpaired) electrons. The molecule has 0 saturated carbocycles. The molecule has 1 aliphatic rings. The number of carbonyl (C=O) groups is 1. The summed E-state index contributed by atoms with van der Waals surface area (Å²) in [5.74, 6) is 0.0619. The zero-order valence-corrected chi connectivity index (χ0v) is 11.0. The van der Waals surface area contributed by atoms with Crippen molar-refractivity contribution < 1.29 is 9.53 Å². The summed E-state index contributed by atoms with van der Waals surface area (Å²) in [5.41, 5.74) is 7.05. The Kier molecular flexibility index (Phi) is 3.68. The van der Waals surface area contributed by atoms with E-state index in [-0.39, 0.29) is 11.4 Å². The summed E-state index contributed by atoms with van der Waals surface area (Å²) in [5, 5.41) is 0. The quantitative estimate of drug-likeness (QED) is 0.860. The number of hydrogen-bond acceptors (Lipinski definition) is 3. The summed E-state index contributed by atoms with van der Waals surface area (Å²) >= 11 is 0. The van der Waals surface area contributed by atoms with Crippen molar-refractivity contribution >= 4 is 5.91 Å². The largest absolute Gasteiger partial charge is 0.377 e. The standard InChI is InChI=1S/C14H20N2O2/c1-14(2)10-18-8-7-16(14)13(17)12-5-3-11(9-15)4-6-12/h3-6H,7-10,15H2,1-2H3. The van der Waals surface area contributed by atoms with E-state index in [0.717, 1.165) is 5.56 Å². The first kappa shape index (κ1) is 13.1. The molecule has 1 amide bonds. The van der Waals surface area contributed by atoms with Crippen molar-refractivity contribution in [2.75, 3.05) is 19.8 Å². The molecule has 2 N–H and O–H groups in total. The van der Waals surface area contributed by atoms with Gasteiger partial charge in [-0.3, -0.25) is 4.79 Å². The Labute approximate surface area is 108 Å². The number of carbonyl (C=O) groups excluding carboxylic acids is 1. The first-order valence-electron chi connectivity index (χ1n) is 6.23. The molecule has 1 saturated heterocycles. The lowest BCUT2D eigenvalue weighted by molar-refractivity contribution is -0.0370. The summed E-state index contributed by atoms with van der Waals surface area (Å²) in [6.45, 7) is 6.38. The van der Waals surface area contributed by atoms with Gasteiger partial charge in [-0.05, 0) is 31.5 Å². The minimum Gasteiger partial charge on any atom is -0.377 e. The highest BCUT2D eigenvalue weighted by Gasteiger charge is 2.34. The molecule has 0 unspecified atom stereocenters. The van der Waals surface area contributed by atoms with Crippen LogP contribution >= 0.6 is 0 Å². The molecule has 0 atom stereocenters. The van der Waals surface area contributed by atoms with Crippen molar-refractivity contribution in [1.82, 2.24) is 4.90 Å². The van der Waals surface area contributed by atoms with Gasteiger partial charge in [-0.15, -0.1) is 0 Å². The van der Waals surface area contributed by atoms with Crippen LogP contribution in [0.25, 0.3) is 0 Å². The number of nitrogens with two attached hydrogens (primary N) is 1.